The van der Waals surface area contributed by atoms with Crippen LogP contribution in [0.25, 0.3) is 0 Å². The quantitative estimate of drug-likeness (QED) is 0.648. The van der Waals surface area contributed by atoms with Crippen LogP contribution in [-0.2, 0) is 4.79 Å². The van der Waals surface area contributed by atoms with Gasteiger partial charge < -0.3 is 20.1 Å². The highest BCUT2D eigenvalue weighted by Gasteiger charge is 2.04. The molecule has 118 valence electrons. The van der Waals surface area contributed by atoms with E-state index in [-0.39, 0.29) is 11.9 Å². The lowest BCUT2D eigenvalue weighted by molar-refractivity contribution is -0.121. The molecule has 1 aromatic carbocycles. The number of carbonyl (C=O) groups excluding carboxylic acids is 1. The van der Waals surface area contributed by atoms with E-state index in [1.807, 2.05) is 45.0 Å². The van der Waals surface area contributed by atoms with Crippen LogP contribution in [0.2, 0.25) is 0 Å². The van der Waals surface area contributed by atoms with E-state index in [0.29, 0.717) is 32.7 Å². The number of hydrogen-bond acceptors (Lipinski definition) is 4. The Morgan fingerprint density at radius 3 is 2.43 bits per heavy atom. The Labute approximate surface area is 127 Å². The van der Waals surface area contributed by atoms with Crippen LogP contribution in [0.4, 0.5) is 0 Å². The average molecular weight is 294 g/mol. The third-order valence-corrected chi connectivity index (χ3v) is 2.66. The molecule has 0 fully saturated rings. The maximum Gasteiger partial charge on any atom is 0.221 e. The molecule has 0 spiro atoms. The lowest BCUT2D eigenvalue weighted by atomic mass is 10.3. The van der Waals surface area contributed by atoms with E-state index < -0.39 is 0 Å². The van der Waals surface area contributed by atoms with Gasteiger partial charge in [0.25, 0.3) is 0 Å². The van der Waals surface area contributed by atoms with Crippen molar-refractivity contribution in [2.75, 3.05) is 26.3 Å². The number of para-hydroxylation sites is 2. The molecular formula is C16H26N2O3. The fourth-order valence-electron chi connectivity index (χ4n) is 1.80. The minimum Gasteiger partial charge on any atom is -0.490 e. The van der Waals surface area contributed by atoms with E-state index in [4.69, 9.17) is 9.47 Å². The molecule has 5 heteroatoms. The summed E-state index contributed by atoms with van der Waals surface area (Å²) in [5.74, 6) is 1.58. The SMILES string of the molecule is CCOc1ccccc1OCCNCCC(=O)NC(C)C. The molecule has 0 aliphatic heterocycles. The Hall–Kier alpha value is -1.75. The normalized spacial score (nSPS) is 10.5. The molecule has 5 nitrogen and oxygen atoms in total. The van der Waals surface area contributed by atoms with Crippen LogP contribution in [0, 0.1) is 0 Å². The molecule has 0 aromatic heterocycles. The second-order valence-electron chi connectivity index (χ2n) is 4.95. The predicted octanol–water partition coefficient (Wildman–Crippen LogP) is 1.97. The number of amides is 1. The largest absolute Gasteiger partial charge is 0.490 e. The molecule has 0 saturated carbocycles. The third kappa shape index (κ3) is 7.56. The monoisotopic (exact) mass is 294 g/mol. The van der Waals surface area contributed by atoms with E-state index in [0.717, 1.165) is 11.5 Å². The maximum absolute atomic E-state index is 11.4. The number of hydrogen-bond donors (Lipinski definition) is 2. The zero-order chi connectivity index (χ0) is 15.5. The predicted molar refractivity (Wildman–Crippen MR) is 83.9 cm³/mol. The summed E-state index contributed by atoms with van der Waals surface area (Å²) in [6.45, 7) is 8.34. The molecule has 0 radical (unpaired) electrons. The van der Waals surface area contributed by atoms with E-state index in [9.17, 15) is 4.79 Å². The number of rotatable bonds is 10. The van der Waals surface area contributed by atoms with Crippen molar-refractivity contribution in [3.8, 4) is 11.5 Å². The molecule has 2 N–H and O–H groups in total. The van der Waals surface area contributed by atoms with Gasteiger partial charge in [-0.15, -0.1) is 0 Å². The molecule has 1 amide bonds. The highest BCUT2D eigenvalue weighted by atomic mass is 16.5. The Kier molecular flexibility index (Phi) is 8.28. The summed E-state index contributed by atoms with van der Waals surface area (Å²) in [5.41, 5.74) is 0. The second kappa shape index (κ2) is 10.0. The highest BCUT2D eigenvalue weighted by molar-refractivity contribution is 5.76. The van der Waals surface area contributed by atoms with Crippen molar-refractivity contribution in [3.63, 3.8) is 0 Å². The van der Waals surface area contributed by atoms with Crippen molar-refractivity contribution in [2.45, 2.75) is 33.2 Å². The van der Waals surface area contributed by atoms with Gasteiger partial charge in [-0.2, -0.15) is 0 Å². The first kappa shape index (κ1) is 17.3. The third-order valence-electron chi connectivity index (χ3n) is 2.66. The summed E-state index contributed by atoms with van der Waals surface area (Å²) in [7, 11) is 0. The van der Waals surface area contributed by atoms with Gasteiger partial charge in [0.05, 0.1) is 6.61 Å². The Morgan fingerprint density at radius 1 is 1.14 bits per heavy atom. The minimum absolute atomic E-state index is 0.0695. The fraction of sp³-hybridized carbons (Fsp3) is 0.562. The van der Waals surface area contributed by atoms with Crippen molar-refractivity contribution in [3.05, 3.63) is 24.3 Å². The molecule has 0 saturated heterocycles. The number of nitrogens with one attached hydrogen (secondary N) is 2. The number of benzene rings is 1. The molecule has 1 rings (SSSR count). The minimum atomic E-state index is 0.0695. The van der Waals surface area contributed by atoms with Gasteiger partial charge in [0.15, 0.2) is 11.5 Å². The van der Waals surface area contributed by atoms with Crippen molar-refractivity contribution in [2.24, 2.45) is 0 Å². The van der Waals surface area contributed by atoms with E-state index in [1.54, 1.807) is 0 Å². The molecule has 0 aliphatic carbocycles. The van der Waals surface area contributed by atoms with Gasteiger partial charge in [-0.3, -0.25) is 4.79 Å². The van der Waals surface area contributed by atoms with Crippen molar-refractivity contribution in [1.82, 2.24) is 10.6 Å². The van der Waals surface area contributed by atoms with Gasteiger partial charge in [0, 0.05) is 25.6 Å². The van der Waals surface area contributed by atoms with Crippen LogP contribution in [0.1, 0.15) is 27.2 Å². The van der Waals surface area contributed by atoms with Crippen LogP contribution in [0.3, 0.4) is 0 Å². The van der Waals surface area contributed by atoms with Crippen molar-refractivity contribution >= 4 is 5.91 Å². The summed E-state index contributed by atoms with van der Waals surface area (Å²) in [4.78, 5) is 11.4. The first-order chi connectivity index (χ1) is 10.1. The molecular weight excluding hydrogens is 268 g/mol. The Balaban J connectivity index is 2.16. The Bertz CT molecular complexity index is 422. The van der Waals surface area contributed by atoms with E-state index in [1.165, 1.54) is 0 Å². The number of carbonyl (C=O) groups is 1. The van der Waals surface area contributed by atoms with Gasteiger partial charge in [-0.25, -0.2) is 0 Å². The smallest absolute Gasteiger partial charge is 0.221 e. The Morgan fingerprint density at radius 2 is 1.81 bits per heavy atom. The van der Waals surface area contributed by atoms with Gasteiger partial charge in [-0.1, -0.05) is 12.1 Å². The van der Waals surface area contributed by atoms with Crippen LogP contribution < -0.4 is 20.1 Å². The summed E-state index contributed by atoms with van der Waals surface area (Å²) in [6, 6.07) is 7.81. The van der Waals surface area contributed by atoms with Gasteiger partial charge in [0.1, 0.15) is 6.61 Å². The van der Waals surface area contributed by atoms with Crippen LogP contribution in [0.5, 0.6) is 11.5 Å². The molecule has 0 bridgehead atoms. The zero-order valence-corrected chi connectivity index (χ0v) is 13.1. The van der Waals surface area contributed by atoms with Crippen LogP contribution in [0.15, 0.2) is 24.3 Å². The summed E-state index contributed by atoms with van der Waals surface area (Å²) in [5, 5.41) is 6.04. The second-order valence-corrected chi connectivity index (χ2v) is 4.95. The van der Waals surface area contributed by atoms with Gasteiger partial charge in [0.2, 0.25) is 5.91 Å². The number of ether oxygens (including phenoxy) is 2. The summed E-state index contributed by atoms with van der Waals surface area (Å²) in [6.07, 6.45) is 0.480. The molecule has 0 unspecified atom stereocenters. The maximum atomic E-state index is 11.4. The first-order valence-corrected chi connectivity index (χ1v) is 7.48. The van der Waals surface area contributed by atoms with Crippen LogP contribution in [-0.4, -0.2) is 38.3 Å². The molecule has 0 aliphatic rings. The van der Waals surface area contributed by atoms with E-state index in [2.05, 4.69) is 10.6 Å². The van der Waals surface area contributed by atoms with Crippen molar-refractivity contribution in [1.29, 1.82) is 0 Å². The lowest BCUT2D eigenvalue weighted by Gasteiger charge is -2.12. The average Bonchev–Trinajstić information content (AvgIpc) is 2.44. The molecule has 0 atom stereocenters. The van der Waals surface area contributed by atoms with E-state index >= 15 is 0 Å². The zero-order valence-electron chi connectivity index (χ0n) is 13.1. The molecule has 21 heavy (non-hydrogen) atoms. The summed E-state index contributed by atoms with van der Waals surface area (Å²) >= 11 is 0. The van der Waals surface area contributed by atoms with Crippen molar-refractivity contribution < 1.29 is 14.3 Å². The summed E-state index contributed by atoms with van der Waals surface area (Å²) < 4.78 is 11.2. The molecule has 1 aromatic rings. The van der Waals surface area contributed by atoms with Gasteiger partial charge in [-0.05, 0) is 32.9 Å². The molecule has 0 heterocycles. The lowest BCUT2D eigenvalue weighted by Crippen LogP contribution is -2.33. The topological polar surface area (TPSA) is 59.6 Å². The first-order valence-electron chi connectivity index (χ1n) is 7.48. The van der Waals surface area contributed by atoms with Crippen LogP contribution >= 0.6 is 0 Å². The van der Waals surface area contributed by atoms with Gasteiger partial charge >= 0.3 is 0 Å². The highest BCUT2D eigenvalue weighted by Crippen LogP contribution is 2.25. The standard InChI is InChI=1S/C16H26N2O3/c1-4-20-14-7-5-6-8-15(14)21-12-11-17-10-9-16(19)18-13(2)3/h5-8,13,17H,4,9-12H2,1-3H3,(H,18,19). The fourth-order valence-corrected chi connectivity index (χ4v) is 1.80.